The minimum absolute atomic E-state index is 0.00408. The molecule has 1 aliphatic rings. The Morgan fingerprint density at radius 1 is 1.00 bits per heavy atom. The summed E-state index contributed by atoms with van der Waals surface area (Å²) in [6.45, 7) is 1.91. The smallest absolute Gasteiger partial charge is 0.248 e. The molecule has 4 rings (SSSR count). The van der Waals surface area contributed by atoms with E-state index in [1.165, 1.54) is 29.2 Å². The lowest BCUT2D eigenvalue weighted by molar-refractivity contribution is -0.127. The predicted octanol–water partition coefficient (Wildman–Crippen LogP) is 5.61. The third-order valence-electron chi connectivity index (χ3n) is 6.59. The highest BCUT2D eigenvalue weighted by Gasteiger charge is 2.35. The van der Waals surface area contributed by atoms with Crippen LogP contribution in [0.4, 0.5) is 10.1 Å². The summed E-state index contributed by atoms with van der Waals surface area (Å²) in [4.78, 5) is 29.0. The number of nitrogens with one attached hydrogen (secondary N) is 1. The summed E-state index contributed by atoms with van der Waals surface area (Å²) >= 11 is 0. The van der Waals surface area contributed by atoms with Crippen molar-refractivity contribution in [1.82, 2.24) is 5.32 Å². The van der Waals surface area contributed by atoms with Crippen molar-refractivity contribution >= 4 is 17.5 Å². The van der Waals surface area contributed by atoms with E-state index in [1.54, 1.807) is 24.3 Å². The molecule has 35 heavy (non-hydrogen) atoms. The molecule has 3 aromatic rings. The molecule has 182 valence electrons. The van der Waals surface area contributed by atoms with Crippen molar-refractivity contribution in [3.8, 4) is 5.75 Å². The van der Waals surface area contributed by atoms with Crippen LogP contribution in [0, 0.1) is 12.7 Å². The topological polar surface area (TPSA) is 69.6 Å². The molecule has 1 unspecified atom stereocenters. The molecule has 0 aromatic heterocycles. The van der Waals surface area contributed by atoms with Gasteiger partial charge in [-0.05, 0) is 66.8 Å². The number of amides is 2. The van der Waals surface area contributed by atoms with Gasteiger partial charge in [-0.25, -0.2) is 4.39 Å². The Bertz CT molecular complexity index is 1170. The minimum Gasteiger partial charge on any atom is -0.508 e. The van der Waals surface area contributed by atoms with Crippen LogP contribution in [-0.2, 0) is 16.0 Å². The van der Waals surface area contributed by atoms with Gasteiger partial charge in [-0.1, -0.05) is 61.7 Å². The van der Waals surface area contributed by atoms with Gasteiger partial charge in [0.15, 0.2) is 0 Å². The molecule has 0 radical (unpaired) electrons. The average Bonchev–Trinajstić information content (AvgIpc) is 2.85. The van der Waals surface area contributed by atoms with Gasteiger partial charge in [0.2, 0.25) is 11.8 Å². The van der Waals surface area contributed by atoms with Gasteiger partial charge in [-0.3, -0.25) is 14.5 Å². The summed E-state index contributed by atoms with van der Waals surface area (Å²) in [5, 5.41) is 12.8. The van der Waals surface area contributed by atoms with Crippen molar-refractivity contribution in [3.05, 3.63) is 95.3 Å². The fourth-order valence-corrected chi connectivity index (χ4v) is 4.75. The number of anilines is 1. The second-order valence-electron chi connectivity index (χ2n) is 9.19. The van der Waals surface area contributed by atoms with Gasteiger partial charge in [-0.15, -0.1) is 0 Å². The predicted molar refractivity (Wildman–Crippen MR) is 135 cm³/mol. The molecule has 0 aliphatic heterocycles. The van der Waals surface area contributed by atoms with Crippen LogP contribution in [0.1, 0.15) is 54.8 Å². The molecule has 1 saturated carbocycles. The van der Waals surface area contributed by atoms with Crippen molar-refractivity contribution in [3.63, 3.8) is 0 Å². The number of phenolic OH excluding ortho intramolecular Hbond substituents is 1. The third kappa shape index (κ3) is 6.07. The number of carbonyl (C=O) groups excluding carboxylic acids is 2. The maximum Gasteiger partial charge on any atom is 0.248 e. The first kappa shape index (κ1) is 24.5. The highest BCUT2D eigenvalue weighted by atomic mass is 19.1. The number of carbonyl (C=O) groups is 2. The Morgan fingerprint density at radius 3 is 2.40 bits per heavy atom. The second kappa shape index (κ2) is 11.2. The number of rotatable bonds is 7. The molecule has 1 fully saturated rings. The maximum atomic E-state index is 14.3. The summed E-state index contributed by atoms with van der Waals surface area (Å²) in [5.41, 5.74) is 2.57. The Labute approximate surface area is 205 Å². The summed E-state index contributed by atoms with van der Waals surface area (Å²) in [7, 11) is 0. The van der Waals surface area contributed by atoms with Gasteiger partial charge in [0.1, 0.15) is 17.6 Å². The minimum atomic E-state index is -0.954. The molecular weight excluding hydrogens is 443 g/mol. The maximum absolute atomic E-state index is 14.3. The first-order valence-corrected chi connectivity index (χ1v) is 12.1. The zero-order valence-corrected chi connectivity index (χ0v) is 19.9. The fourth-order valence-electron chi connectivity index (χ4n) is 4.75. The van der Waals surface area contributed by atoms with Gasteiger partial charge < -0.3 is 10.4 Å². The van der Waals surface area contributed by atoms with E-state index in [0.717, 1.165) is 37.7 Å². The van der Waals surface area contributed by atoms with Gasteiger partial charge >= 0.3 is 0 Å². The summed E-state index contributed by atoms with van der Waals surface area (Å²) in [6.07, 6.45) is 5.10. The Morgan fingerprint density at radius 2 is 1.71 bits per heavy atom. The molecule has 3 aromatic carbocycles. The number of halogens is 1. The number of hydrogen-bond acceptors (Lipinski definition) is 3. The molecule has 6 heteroatoms. The van der Waals surface area contributed by atoms with E-state index in [9.17, 15) is 19.1 Å². The SMILES string of the molecule is Cc1ccccc1C(C(=O)NC1CCCCC1)N(C(=O)Cc1ccc(O)cc1)c1cccc(F)c1. The van der Waals surface area contributed by atoms with Gasteiger partial charge in [0, 0.05) is 11.7 Å². The Kier molecular flexibility index (Phi) is 7.80. The van der Waals surface area contributed by atoms with Crippen molar-refractivity contribution in [1.29, 1.82) is 0 Å². The molecule has 1 atom stereocenters. The van der Waals surface area contributed by atoms with Crippen LogP contribution in [0.15, 0.2) is 72.8 Å². The van der Waals surface area contributed by atoms with Crippen LogP contribution >= 0.6 is 0 Å². The van der Waals surface area contributed by atoms with Crippen LogP contribution in [0.25, 0.3) is 0 Å². The third-order valence-corrected chi connectivity index (χ3v) is 6.59. The molecule has 0 saturated heterocycles. The fraction of sp³-hybridized carbons (Fsp3) is 0.310. The van der Waals surface area contributed by atoms with E-state index in [-0.39, 0.29) is 30.0 Å². The van der Waals surface area contributed by atoms with Gasteiger partial charge in [0.25, 0.3) is 0 Å². The summed E-state index contributed by atoms with van der Waals surface area (Å²) in [6, 6.07) is 18.8. The largest absolute Gasteiger partial charge is 0.508 e. The molecule has 0 spiro atoms. The lowest BCUT2D eigenvalue weighted by Crippen LogP contribution is -2.48. The van der Waals surface area contributed by atoms with E-state index in [1.807, 2.05) is 31.2 Å². The van der Waals surface area contributed by atoms with Crippen molar-refractivity contribution in [2.24, 2.45) is 0 Å². The molecule has 2 amide bonds. The van der Waals surface area contributed by atoms with E-state index in [2.05, 4.69) is 5.32 Å². The number of benzene rings is 3. The Hall–Kier alpha value is -3.67. The quantitative estimate of drug-likeness (QED) is 0.468. The summed E-state index contributed by atoms with van der Waals surface area (Å²) < 4.78 is 14.3. The molecule has 0 bridgehead atoms. The van der Waals surface area contributed by atoms with E-state index in [0.29, 0.717) is 16.8 Å². The molecular formula is C29H31FN2O3. The number of aryl methyl sites for hydroxylation is 1. The number of phenols is 1. The van der Waals surface area contributed by atoms with E-state index >= 15 is 0 Å². The van der Waals surface area contributed by atoms with Crippen molar-refractivity contribution in [2.45, 2.75) is 57.5 Å². The second-order valence-corrected chi connectivity index (χ2v) is 9.19. The highest BCUT2D eigenvalue weighted by Crippen LogP contribution is 2.32. The van der Waals surface area contributed by atoms with Gasteiger partial charge in [0.05, 0.1) is 6.42 Å². The van der Waals surface area contributed by atoms with E-state index < -0.39 is 11.9 Å². The van der Waals surface area contributed by atoms with Crippen LogP contribution in [0.5, 0.6) is 5.75 Å². The standard InChI is InChI=1S/C29H31FN2O3/c1-20-8-5-6-13-26(20)28(29(35)31-23-10-3-2-4-11-23)32(24-12-7-9-22(30)19-24)27(34)18-21-14-16-25(33)17-15-21/h5-9,12-17,19,23,28,33H,2-4,10-11,18H2,1H3,(H,31,35). The monoisotopic (exact) mass is 474 g/mol. The van der Waals surface area contributed by atoms with E-state index in [4.69, 9.17) is 0 Å². The zero-order chi connectivity index (χ0) is 24.8. The Balaban J connectivity index is 1.76. The molecule has 2 N–H and O–H groups in total. The van der Waals surface area contributed by atoms with Crippen LogP contribution in [-0.4, -0.2) is 23.0 Å². The average molecular weight is 475 g/mol. The van der Waals surface area contributed by atoms with Gasteiger partial charge in [-0.2, -0.15) is 0 Å². The van der Waals surface area contributed by atoms with Crippen LogP contribution in [0.3, 0.4) is 0 Å². The highest BCUT2D eigenvalue weighted by molar-refractivity contribution is 6.02. The van der Waals surface area contributed by atoms with Crippen molar-refractivity contribution in [2.75, 3.05) is 4.90 Å². The normalized spacial score (nSPS) is 14.8. The lowest BCUT2D eigenvalue weighted by atomic mass is 9.93. The molecule has 1 aliphatic carbocycles. The van der Waals surface area contributed by atoms with Crippen molar-refractivity contribution < 1.29 is 19.1 Å². The molecule has 0 heterocycles. The lowest BCUT2D eigenvalue weighted by Gasteiger charge is -2.34. The van der Waals surface area contributed by atoms with Crippen LogP contribution in [0.2, 0.25) is 0 Å². The first-order chi connectivity index (χ1) is 16.9. The zero-order valence-electron chi connectivity index (χ0n) is 19.9. The number of nitrogens with zero attached hydrogens (tertiary/aromatic N) is 1. The summed E-state index contributed by atoms with van der Waals surface area (Å²) in [5.74, 6) is -0.989. The first-order valence-electron chi connectivity index (χ1n) is 12.1. The molecule has 5 nitrogen and oxygen atoms in total. The number of aromatic hydroxyl groups is 1. The number of hydrogen-bond donors (Lipinski definition) is 2. The van der Waals surface area contributed by atoms with Crippen LogP contribution < -0.4 is 10.2 Å².